The minimum atomic E-state index is -0.157. The minimum Gasteiger partial charge on any atom is -0.465 e. The van der Waals surface area contributed by atoms with Crippen molar-refractivity contribution in [1.29, 1.82) is 0 Å². The number of rotatable bonds is 4. The van der Waals surface area contributed by atoms with Crippen LogP contribution in [-0.4, -0.2) is 36.2 Å². The van der Waals surface area contributed by atoms with E-state index in [2.05, 4.69) is 5.32 Å². The second-order valence-electron chi connectivity index (χ2n) is 2.87. The first-order valence-electron chi connectivity index (χ1n) is 4.24. The Morgan fingerprint density at radius 2 is 2.42 bits per heavy atom. The molecule has 4 heteroatoms. The smallest absolute Gasteiger partial charge is 0.322 e. The van der Waals surface area contributed by atoms with Crippen LogP contribution < -0.4 is 5.32 Å². The lowest BCUT2D eigenvalue weighted by Gasteiger charge is -2.28. The molecule has 0 aromatic carbocycles. The maximum Gasteiger partial charge on any atom is 0.322 e. The monoisotopic (exact) mass is 189 g/mol. The van der Waals surface area contributed by atoms with E-state index in [1.54, 1.807) is 0 Å². The summed E-state index contributed by atoms with van der Waals surface area (Å²) in [5.74, 6) is 2.09. The molecule has 0 aromatic heterocycles. The average molecular weight is 189 g/mol. The van der Waals surface area contributed by atoms with Crippen LogP contribution in [0.4, 0.5) is 0 Å². The van der Waals surface area contributed by atoms with Gasteiger partial charge in [0.15, 0.2) is 0 Å². The summed E-state index contributed by atoms with van der Waals surface area (Å²) in [4.78, 5) is 11.1. The van der Waals surface area contributed by atoms with Crippen molar-refractivity contribution < 1.29 is 9.53 Å². The van der Waals surface area contributed by atoms with Gasteiger partial charge in [0.05, 0.1) is 6.61 Å². The fraction of sp³-hybridized carbons (Fsp3) is 0.875. The molecule has 3 nitrogen and oxygen atoms in total. The van der Waals surface area contributed by atoms with Crippen LogP contribution >= 0.6 is 11.8 Å². The Hall–Kier alpha value is -0.220. The van der Waals surface area contributed by atoms with Crippen LogP contribution in [0.25, 0.3) is 0 Å². The fourth-order valence-electron chi connectivity index (χ4n) is 1.02. The topological polar surface area (TPSA) is 38.3 Å². The molecule has 1 aliphatic rings. The molecule has 0 saturated carbocycles. The third-order valence-electron chi connectivity index (χ3n) is 1.76. The summed E-state index contributed by atoms with van der Waals surface area (Å²) in [5.41, 5.74) is 0. The van der Waals surface area contributed by atoms with E-state index in [1.165, 1.54) is 0 Å². The first-order chi connectivity index (χ1) is 5.74. The summed E-state index contributed by atoms with van der Waals surface area (Å²) in [6, 6.07) is 0.352. The highest BCUT2D eigenvalue weighted by molar-refractivity contribution is 8.00. The molecule has 0 aliphatic carbocycles. The third-order valence-corrected chi connectivity index (χ3v) is 3.04. The summed E-state index contributed by atoms with van der Waals surface area (Å²) in [7, 11) is 0. The first kappa shape index (κ1) is 9.86. The highest BCUT2D eigenvalue weighted by Gasteiger charge is 2.23. The molecule has 0 bridgehead atoms. The van der Waals surface area contributed by atoms with Crippen LogP contribution in [0, 0.1) is 0 Å². The molecule has 1 unspecified atom stereocenters. The number of ether oxygens (including phenoxy) is 1. The predicted molar refractivity (Wildman–Crippen MR) is 50.3 cm³/mol. The number of hydrogen-bond acceptors (Lipinski definition) is 4. The highest BCUT2D eigenvalue weighted by Crippen LogP contribution is 2.17. The zero-order valence-corrected chi connectivity index (χ0v) is 8.32. The maximum absolute atomic E-state index is 11.1. The molecule has 0 amide bonds. The molecular weight excluding hydrogens is 174 g/mol. The van der Waals surface area contributed by atoms with Crippen LogP contribution in [0.5, 0.6) is 0 Å². The molecule has 0 aromatic rings. The molecule has 70 valence electrons. The van der Waals surface area contributed by atoms with Crippen molar-refractivity contribution in [2.45, 2.75) is 25.9 Å². The SMILES string of the molecule is CCOC(=O)C(C)NC1CSC1. The van der Waals surface area contributed by atoms with Crippen molar-refractivity contribution in [3.63, 3.8) is 0 Å². The van der Waals surface area contributed by atoms with E-state index in [-0.39, 0.29) is 12.0 Å². The molecule has 1 rings (SSSR count). The number of nitrogens with one attached hydrogen (secondary N) is 1. The van der Waals surface area contributed by atoms with Gasteiger partial charge in [0, 0.05) is 17.5 Å². The standard InChI is InChI=1S/C8H15NO2S/c1-3-11-8(10)6(2)9-7-4-12-5-7/h6-7,9H,3-5H2,1-2H3. The second kappa shape index (κ2) is 4.72. The number of hydrogen-bond donors (Lipinski definition) is 1. The second-order valence-corrected chi connectivity index (χ2v) is 3.95. The van der Waals surface area contributed by atoms with Gasteiger partial charge in [-0.2, -0.15) is 11.8 Å². The van der Waals surface area contributed by atoms with Gasteiger partial charge in [-0.1, -0.05) is 0 Å². The zero-order valence-electron chi connectivity index (χ0n) is 7.50. The van der Waals surface area contributed by atoms with E-state index < -0.39 is 0 Å². The van der Waals surface area contributed by atoms with Gasteiger partial charge in [0.2, 0.25) is 0 Å². The Labute approximate surface area is 77.2 Å². The number of carbonyl (C=O) groups excluding carboxylic acids is 1. The molecule has 1 saturated heterocycles. The van der Waals surface area contributed by atoms with Crippen molar-refractivity contribution in [3.05, 3.63) is 0 Å². The third kappa shape index (κ3) is 2.68. The molecule has 0 radical (unpaired) electrons. The van der Waals surface area contributed by atoms with Crippen molar-refractivity contribution >= 4 is 17.7 Å². The maximum atomic E-state index is 11.1. The molecule has 1 N–H and O–H groups in total. The van der Waals surface area contributed by atoms with Gasteiger partial charge in [-0.05, 0) is 13.8 Å². The predicted octanol–water partition coefficient (Wildman–Crippen LogP) is 0.643. The quantitative estimate of drug-likeness (QED) is 0.659. The molecule has 1 heterocycles. The summed E-state index contributed by atoms with van der Waals surface area (Å²) in [5, 5.41) is 3.21. The van der Waals surface area contributed by atoms with Gasteiger partial charge in [0.1, 0.15) is 6.04 Å². The van der Waals surface area contributed by atoms with E-state index in [0.29, 0.717) is 12.6 Å². The van der Waals surface area contributed by atoms with Gasteiger partial charge in [-0.3, -0.25) is 4.79 Å². The summed E-state index contributed by atoms with van der Waals surface area (Å²) in [6.45, 7) is 4.13. The molecule has 1 atom stereocenters. The highest BCUT2D eigenvalue weighted by atomic mass is 32.2. The van der Waals surface area contributed by atoms with Gasteiger partial charge < -0.3 is 10.1 Å². The lowest BCUT2D eigenvalue weighted by Crippen LogP contribution is -2.48. The first-order valence-corrected chi connectivity index (χ1v) is 5.40. The van der Waals surface area contributed by atoms with Crippen LogP contribution in [-0.2, 0) is 9.53 Å². The summed E-state index contributed by atoms with van der Waals surface area (Å²) < 4.78 is 4.86. The largest absolute Gasteiger partial charge is 0.465 e. The Kier molecular flexibility index (Phi) is 3.88. The lowest BCUT2D eigenvalue weighted by atomic mass is 10.3. The zero-order chi connectivity index (χ0) is 8.97. The van der Waals surface area contributed by atoms with Crippen LogP contribution in [0.3, 0.4) is 0 Å². The molecule has 0 spiro atoms. The molecule has 1 aliphatic heterocycles. The molecule has 12 heavy (non-hydrogen) atoms. The Morgan fingerprint density at radius 1 is 1.75 bits per heavy atom. The molecule has 1 fully saturated rings. The van der Waals surface area contributed by atoms with Crippen molar-refractivity contribution in [2.24, 2.45) is 0 Å². The Bertz CT molecular complexity index is 159. The minimum absolute atomic E-state index is 0.144. The van der Waals surface area contributed by atoms with Crippen LogP contribution in [0.15, 0.2) is 0 Å². The van der Waals surface area contributed by atoms with Crippen LogP contribution in [0.1, 0.15) is 13.8 Å². The summed E-state index contributed by atoms with van der Waals surface area (Å²) in [6.07, 6.45) is 0. The number of esters is 1. The van der Waals surface area contributed by atoms with E-state index in [4.69, 9.17) is 4.74 Å². The van der Waals surface area contributed by atoms with Crippen LogP contribution in [0.2, 0.25) is 0 Å². The van der Waals surface area contributed by atoms with Gasteiger partial charge in [-0.15, -0.1) is 0 Å². The van der Waals surface area contributed by atoms with Gasteiger partial charge >= 0.3 is 5.97 Å². The normalized spacial score (nSPS) is 19.8. The lowest BCUT2D eigenvalue weighted by molar-refractivity contribution is -0.145. The summed E-state index contributed by atoms with van der Waals surface area (Å²) >= 11 is 1.90. The fourth-order valence-corrected chi connectivity index (χ4v) is 1.68. The van der Waals surface area contributed by atoms with Crippen molar-refractivity contribution in [3.8, 4) is 0 Å². The van der Waals surface area contributed by atoms with Crippen molar-refractivity contribution in [2.75, 3.05) is 18.1 Å². The van der Waals surface area contributed by atoms with Crippen molar-refractivity contribution in [1.82, 2.24) is 5.32 Å². The van der Waals surface area contributed by atoms with E-state index >= 15 is 0 Å². The number of carbonyl (C=O) groups is 1. The van der Waals surface area contributed by atoms with Gasteiger partial charge in [0.25, 0.3) is 0 Å². The Balaban J connectivity index is 2.16. The number of thioether (sulfide) groups is 1. The van der Waals surface area contributed by atoms with E-state index in [9.17, 15) is 4.79 Å². The Morgan fingerprint density at radius 3 is 2.83 bits per heavy atom. The van der Waals surface area contributed by atoms with Gasteiger partial charge in [-0.25, -0.2) is 0 Å². The van der Waals surface area contributed by atoms with E-state index in [0.717, 1.165) is 11.5 Å². The van der Waals surface area contributed by atoms with E-state index in [1.807, 2.05) is 25.6 Å². The average Bonchev–Trinajstić information content (AvgIpc) is 1.97. The molecular formula is C8H15NO2S.